The van der Waals surface area contributed by atoms with E-state index in [2.05, 4.69) is 10.3 Å². The lowest BCUT2D eigenvalue weighted by molar-refractivity contribution is -0.000651. The van der Waals surface area contributed by atoms with E-state index in [1.54, 1.807) is 43.6 Å². The largest absolute Gasteiger partial charge is 0.349 e. The smallest absolute Gasteiger partial charge is 0.265 e. The number of carbonyl (C=O) groups is 1. The van der Waals surface area contributed by atoms with Crippen LogP contribution in [0.15, 0.2) is 71.7 Å². The van der Waals surface area contributed by atoms with Gasteiger partial charge in [-0.25, -0.2) is 9.37 Å². The molecule has 1 spiro atoms. The van der Waals surface area contributed by atoms with Crippen LogP contribution in [0.3, 0.4) is 0 Å². The Morgan fingerprint density at radius 3 is 2.45 bits per heavy atom. The Hall–Kier alpha value is -4.04. The van der Waals surface area contributed by atoms with E-state index in [1.165, 1.54) is 36.0 Å². The third-order valence-corrected chi connectivity index (χ3v) is 8.11. The van der Waals surface area contributed by atoms with Crippen molar-refractivity contribution in [1.29, 1.82) is 0 Å². The first kappa shape index (κ1) is 24.3. The van der Waals surface area contributed by atoms with Gasteiger partial charge in [-0.1, -0.05) is 30.7 Å². The van der Waals surface area contributed by atoms with Gasteiger partial charge in [0.15, 0.2) is 0 Å². The molecular weight excluding hydrogens is 483 g/mol. The van der Waals surface area contributed by atoms with Crippen molar-refractivity contribution in [3.05, 3.63) is 94.2 Å². The van der Waals surface area contributed by atoms with Gasteiger partial charge in [-0.15, -0.1) is 0 Å². The summed E-state index contributed by atoms with van der Waals surface area (Å²) in [5.74, 6) is -0.727. The molecule has 2 aromatic heterocycles. The number of rotatable bonds is 6. The topological polar surface area (TPSA) is 87.5 Å². The van der Waals surface area contributed by atoms with E-state index >= 15 is 0 Å². The van der Waals surface area contributed by atoms with Crippen molar-refractivity contribution >= 4 is 22.6 Å². The van der Waals surface area contributed by atoms with Crippen LogP contribution in [0, 0.1) is 11.2 Å². The third kappa shape index (κ3) is 4.45. The molecule has 0 bridgehead atoms. The summed E-state index contributed by atoms with van der Waals surface area (Å²) in [6, 6.07) is 16.9. The second-order valence-electron chi connectivity index (χ2n) is 10.7. The Bertz CT molecular complexity index is 1570. The van der Waals surface area contributed by atoms with Crippen molar-refractivity contribution < 1.29 is 14.4 Å². The number of pyridine rings is 2. The molecule has 38 heavy (non-hydrogen) atoms. The number of hydroxylamine groups is 1. The van der Waals surface area contributed by atoms with Crippen LogP contribution in [0.5, 0.6) is 0 Å². The maximum Gasteiger partial charge on any atom is 0.265 e. The normalized spacial score (nSPS) is 16.2. The van der Waals surface area contributed by atoms with Gasteiger partial charge in [0.05, 0.1) is 12.2 Å². The Kier molecular flexibility index (Phi) is 5.99. The van der Waals surface area contributed by atoms with E-state index in [-0.39, 0.29) is 29.9 Å². The second kappa shape index (κ2) is 9.36. The van der Waals surface area contributed by atoms with Crippen molar-refractivity contribution in [2.24, 2.45) is 5.41 Å². The summed E-state index contributed by atoms with van der Waals surface area (Å²) < 4.78 is 15.0. The first-order valence-electron chi connectivity index (χ1n) is 12.9. The highest BCUT2D eigenvalue weighted by molar-refractivity contribution is 5.97. The SMILES string of the molecule is CN(O)c1ccc(-c2cnc3c(c2)cc(C(=O)NC2CC4(CCC4)C2)c(=O)n3Cc2ccc(F)cc2)cc1. The Morgan fingerprint density at radius 2 is 1.82 bits per heavy atom. The minimum Gasteiger partial charge on any atom is -0.349 e. The number of hydrogen-bond donors (Lipinski definition) is 2. The Balaban J connectivity index is 1.38. The maximum absolute atomic E-state index is 13.6. The third-order valence-electron chi connectivity index (χ3n) is 8.11. The molecule has 0 atom stereocenters. The molecule has 2 heterocycles. The summed E-state index contributed by atoms with van der Waals surface area (Å²) in [6.07, 6.45) is 7.34. The number of benzene rings is 2. The standard InChI is InChI=1S/C30H29FN4O3/c1-34(38)25-9-5-20(6-10-25)22-13-21-14-26(28(36)33-24-15-30(16-24)11-2-12-30)29(37)35(27(21)32-17-22)18-19-3-7-23(31)8-4-19/h3-10,13-14,17,24,38H,2,11-12,15-16,18H2,1H3,(H,33,36). The molecule has 194 valence electrons. The van der Waals surface area contributed by atoms with Crippen LogP contribution in [0.2, 0.25) is 0 Å². The molecule has 2 aliphatic rings. The number of nitrogens with one attached hydrogen (secondary N) is 1. The first-order chi connectivity index (χ1) is 18.3. The monoisotopic (exact) mass is 512 g/mol. The van der Waals surface area contributed by atoms with E-state index in [1.807, 2.05) is 18.2 Å². The molecule has 2 fully saturated rings. The fraction of sp³-hybridized carbons (Fsp3) is 0.300. The van der Waals surface area contributed by atoms with Crippen molar-refractivity contribution in [2.45, 2.75) is 44.7 Å². The highest BCUT2D eigenvalue weighted by atomic mass is 19.1. The summed E-state index contributed by atoms with van der Waals surface area (Å²) in [4.78, 5) is 31.5. The second-order valence-corrected chi connectivity index (χ2v) is 10.7. The van der Waals surface area contributed by atoms with Crippen molar-refractivity contribution in [3.63, 3.8) is 0 Å². The molecule has 0 radical (unpaired) electrons. The van der Waals surface area contributed by atoms with Gasteiger partial charge in [0, 0.05) is 30.2 Å². The number of nitrogens with zero attached hydrogens (tertiary/aromatic N) is 3. The molecule has 8 heteroatoms. The zero-order chi connectivity index (χ0) is 26.4. The van der Waals surface area contributed by atoms with Crippen LogP contribution in [0.25, 0.3) is 22.2 Å². The molecule has 4 aromatic rings. The summed E-state index contributed by atoms with van der Waals surface area (Å²) in [7, 11) is 1.55. The quantitative estimate of drug-likeness (QED) is 0.350. The van der Waals surface area contributed by atoms with Crippen LogP contribution in [-0.2, 0) is 6.54 Å². The van der Waals surface area contributed by atoms with Gasteiger partial charge in [-0.2, -0.15) is 0 Å². The minimum absolute atomic E-state index is 0.0744. The lowest BCUT2D eigenvalue weighted by Crippen LogP contribution is -2.54. The lowest BCUT2D eigenvalue weighted by Gasteiger charge is -2.54. The number of anilines is 1. The van der Waals surface area contributed by atoms with Crippen molar-refractivity contribution in [2.75, 3.05) is 12.1 Å². The van der Waals surface area contributed by atoms with Gasteiger partial charge in [0.2, 0.25) is 0 Å². The summed E-state index contributed by atoms with van der Waals surface area (Å²) in [5, 5.41) is 14.4. The minimum atomic E-state index is -0.424. The average molecular weight is 513 g/mol. The van der Waals surface area contributed by atoms with E-state index in [0.717, 1.165) is 34.6 Å². The first-order valence-corrected chi connectivity index (χ1v) is 12.9. The number of halogens is 1. The van der Waals surface area contributed by atoms with Gasteiger partial charge < -0.3 is 5.32 Å². The molecule has 7 nitrogen and oxygen atoms in total. The number of fused-ring (bicyclic) bond motifs is 1. The summed E-state index contributed by atoms with van der Waals surface area (Å²) >= 11 is 0. The molecule has 1 amide bonds. The molecule has 0 saturated heterocycles. The Labute approximate surface area is 219 Å². The molecule has 0 unspecified atom stereocenters. The predicted molar refractivity (Wildman–Crippen MR) is 144 cm³/mol. The molecule has 2 aliphatic carbocycles. The van der Waals surface area contributed by atoms with Gasteiger partial charge in [0.1, 0.15) is 17.0 Å². The molecule has 2 saturated carbocycles. The van der Waals surface area contributed by atoms with Crippen LogP contribution in [0.4, 0.5) is 10.1 Å². The molecular formula is C30H29FN4O3. The maximum atomic E-state index is 13.6. The zero-order valence-electron chi connectivity index (χ0n) is 21.2. The molecule has 0 aliphatic heterocycles. The van der Waals surface area contributed by atoms with E-state index < -0.39 is 5.56 Å². The van der Waals surface area contributed by atoms with E-state index in [9.17, 15) is 19.2 Å². The summed E-state index contributed by atoms with van der Waals surface area (Å²) in [5.41, 5.74) is 3.58. The van der Waals surface area contributed by atoms with Crippen molar-refractivity contribution in [3.8, 4) is 11.1 Å². The fourth-order valence-electron chi connectivity index (χ4n) is 5.81. The van der Waals surface area contributed by atoms with Gasteiger partial charge in [0.25, 0.3) is 11.5 Å². The van der Waals surface area contributed by atoms with Gasteiger partial charge in [-0.3, -0.25) is 24.4 Å². The molecule has 2 N–H and O–H groups in total. The number of aromatic nitrogens is 2. The van der Waals surface area contributed by atoms with E-state index in [0.29, 0.717) is 22.1 Å². The highest BCUT2D eigenvalue weighted by Crippen LogP contribution is 2.55. The van der Waals surface area contributed by atoms with Gasteiger partial charge in [-0.05, 0) is 78.6 Å². The van der Waals surface area contributed by atoms with Crippen LogP contribution in [0.1, 0.15) is 48.0 Å². The number of carbonyl (C=O) groups excluding carboxylic acids is 1. The molecule has 2 aromatic carbocycles. The number of hydrogen-bond acceptors (Lipinski definition) is 5. The lowest BCUT2D eigenvalue weighted by atomic mass is 9.54. The number of amides is 1. The Morgan fingerprint density at radius 1 is 1.11 bits per heavy atom. The van der Waals surface area contributed by atoms with E-state index in [4.69, 9.17) is 0 Å². The van der Waals surface area contributed by atoms with Crippen LogP contribution in [-0.4, -0.2) is 33.8 Å². The predicted octanol–water partition coefficient (Wildman–Crippen LogP) is 5.14. The molecule has 6 rings (SSSR count). The van der Waals surface area contributed by atoms with Crippen LogP contribution < -0.4 is 15.9 Å². The van der Waals surface area contributed by atoms with Crippen molar-refractivity contribution in [1.82, 2.24) is 14.9 Å². The highest BCUT2D eigenvalue weighted by Gasteiger charge is 2.48. The fourth-order valence-corrected chi connectivity index (χ4v) is 5.81. The van der Waals surface area contributed by atoms with Crippen LogP contribution >= 0.6 is 0 Å². The summed E-state index contributed by atoms with van der Waals surface area (Å²) in [6.45, 7) is 0.160. The van der Waals surface area contributed by atoms with Gasteiger partial charge >= 0.3 is 0 Å². The average Bonchev–Trinajstić information content (AvgIpc) is 2.87. The zero-order valence-corrected chi connectivity index (χ0v) is 21.2.